The van der Waals surface area contributed by atoms with Gasteiger partial charge < -0.3 is 15.0 Å². The Labute approximate surface area is 244 Å². The summed E-state index contributed by atoms with van der Waals surface area (Å²) >= 11 is 0. The molecular formula is C32H41N3O5S. The lowest BCUT2D eigenvalue weighted by molar-refractivity contribution is -0.140. The summed E-state index contributed by atoms with van der Waals surface area (Å²) in [6.07, 6.45) is 0.364. The molecule has 0 aliphatic carbocycles. The molecule has 220 valence electrons. The highest BCUT2D eigenvalue weighted by Crippen LogP contribution is 2.33. The molecule has 0 radical (unpaired) electrons. The Balaban J connectivity index is 2.09. The largest absolute Gasteiger partial charge is 0.492 e. The SMILES string of the molecule is CCOc1ccccc1N(CC(=O)N(Cc1ccccc1C)[C@@H](CC)C(=O)NCC(C)C)S(=O)(=O)c1ccccc1. The molecule has 0 aliphatic heterocycles. The third-order valence-electron chi connectivity index (χ3n) is 6.72. The number of carbonyl (C=O) groups is 2. The Kier molecular flexibility index (Phi) is 11.3. The maximum Gasteiger partial charge on any atom is 0.264 e. The van der Waals surface area contributed by atoms with Crippen LogP contribution >= 0.6 is 0 Å². The van der Waals surface area contributed by atoms with Crippen molar-refractivity contribution in [2.75, 3.05) is 24.0 Å². The van der Waals surface area contributed by atoms with Gasteiger partial charge in [-0.1, -0.05) is 75.4 Å². The fourth-order valence-electron chi connectivity index (χ4n) is 4.49. The minimum atomic E-state index is -4.17. The highest BCUT2D eigenvalue weighted by molar-refractivity contribution is 7.92. The van der Waals surface area contributed by atoms with Crippen molar-refractivity contribution in [2.45, 2.75) is 58.5 Å². The van der Waals surface area contributed by atoms with Crippen molar-refractivity contribution < 1.29 is 22.7 Å². The fraction of sp³-hybridized carbons (Fsp3) is 0.375. The Morgan fingerprint density at radius 3 is 2.17 bits per heavy atom. The first-order chi connectivity index (χ1) is 19.6. The van der Waals surface area contributed by atoms with Crippen LogP contribution in [0.25, 0.3) is 0 Å². The van der Waals surface area contributed by atoms with Crippen LogP contribution in [0.2, 0.25) is 0 Å². The van der Waals surface area contributed by atoms with Crippen LogP contribution in [-0.4, -0.2) is 50.9 Å². The van der Waals surface area contributed by atoms with Gasteiger partial charge in [-0.3, -0.25) is 13.9 Å². The van der Waals surface area contributed by atoms with Crippen molar-refractivity contribution in [3.05, 3.63) is 90.0 Å². The Hall–Kier alpha value is -3.85. The first-order valence-electron chi connectivity index (χ1n) is 14.0. The van der Waals surface area contributed by atoms with Gasteiger partial charge in [-0.15, -0.1) is 0 Å². The van der Waals surface area contributed by atoms with Gasteiger partial charge in [-0.25, -0.2) is 8.42 Å². The molecule has 8 nitrogen and oxygen atoms in total. The van der Waals surface area contributed by atoms with Crippen molar-refractivity contribution in [2.24, 2.45) is 5.92 Å². The van der Waals surface area contributed by atoms with E-state index in [-0.39, 0.29) is 29.0 Å². The van der Waals surface area contributed by atoms with Crippen LogP contribution in [0, 0.1) is 12.8 Å². The molecule has 3 aromatic carbocycles. The first kappa shape index (κ1) is 31.7. The molecule has 1 atom stereocenters. The predicted molar refractivity (Wildman–Crippen MR) is 162 cm³/mol. The van der Waals surface area contributed by atoms with E-state index in [0.717, 1.165) is 15.4 Å². The lowest BCUT2D eigenvalue weighted by Gasteiger charge is -2.34. The first-order valence-corrected chi connectivity index (χ1v) is 15.4. The van der Waals surface area contributed by atoms with E-state index in [9.17, 15) is 18.0 Å². The van der Waals surface area contributed by atoms with E-state index < -0.39 is 28.5 Å². The van der Waals surface area contributed by atoms with Gasteiger partial charge in [-0.05, 0) is 61.6 Å². The second-order valence-corrected chi connectivity index (χ2v) is 12.1. The van der Waals surface area contributed by atoms with Crippen molar-refractivity contribution in [3.63, 3.8) is 0 Å². The summed E-state index contributed by atoms with van der Waals surface area (Å²) in [4.78, 5) is 29.1. The molecule has 0 fully saturated rings. The number of para-hydroxylation sites is 2. The molecule has 41 heavy (non-hydrogen) atoms. The minimum absolute atomic E-state index is 0.0475. The molecule has 0 aromatic heterocycles. The van der Waals surface area contributed by atoms with Gasteiger partial charge in [0.25, 0.3) is 10.0 Å². The predicted octanol–water partition coefficient (Wildman–Crippen LogP) is 5.17. The van der Waals surface area contributed by atoms with E-state index in [1.807, 2.05) is 58.9 Å². The Morgan fingerprint density at radius 2 is 1.54 bits per heavy atom. The summed E-state index contributed by atoms with van der Waals surface area (Å²) < 4.78 is 34.9. The van der Waals surface area contributed by atoms with Crippen LogP contribution in [0.4, 0.5) is 5.69 Å². The number of amides is 2. The van der Waals surface area contributed by atoms with E-state index in [1.165, 1.54) is 17.0 Å². The third kappa shape index (κ3) is 8.10. The number of benzene rings is 3. The number of hydrogen-bond acceptors (Lipinski definition) is 5. The van der Waals surface area contributed by atoms with E-state index in [1.54, 1.807) is 42.5 Å². The van der Waals surface area contributed by atoms with Crippen molar-refractivity contribution in [1.29, 1.82) is 0 Å². The summed E-state index contributed by atoms with van der Waals surface area (Å²) in [6, 6.07) is 21.6. The quantitative estimate of drug-likeness (QED) is 0.284. The van der Waals surface area contributed by atoms with Crippen molar-refractivity contribution in [1.82, 2.24) is 10.2 Å². The molecule has 0 saturated carbocycles. The normalized spacial score (nSPS) is 12.0. The Bertz CT molecular complexity index is 1410. The van der Waals surface area contributed by atoms with Gasteiger partial charge in [0.15, 0.2) is 0 Å². The smallest absolute Gasteiger partial charge is 0.264 e. The number of carbonyl (C=O) groups excluding carboxylic acids is 2. The van der Waals surface area contributed by atoms with Gasteiger partial charge in [-0.2, -0.15) is 0 Å². The molecule has 2 amide bonds. The second kappa shape index (κ2) is 14.7. The van der Waals surface area contributed by atoms with Crippen LogP contribution in [0.1, 0.15) is 45.2 Å². The van der Waals surface area contributed by atoms with Gasteiger partial charge in [0.05, 0.1) is 17.2 Å². The molecule has 0 spiro atoms. The molecule has 9 heteroatoms. The van der Waals surface area contributed by atoms with Gasteiger partial charge in [0.2, 0.25) is 11.8 Å². The van der Waals surface area contributed by atoms with Crippen LogP contribution in [0.5, 0.6) is 5.75 Å². The van der Waals surface area contributed by atoms with Crippen LogP contribution in [0.15, 0.2) is 83.8 Å². The van der Waals surface area contributed by atoms with E-state index >= 15 is 0 Å². The molecule has 1 N–H and O–H groups in total. The van der Waals surface area contributed by atoms with Gasteiger partial charge in [0.1, 0.15) is 18.3 Å². The monoisotopic (exact) mass is 579 g/mol. The van der Waals surface area contributed by atoms with E-state index in [0.29, 0.717) is 25.3 Å². The summed E-state index contributed by atoms with van der Waals surface area (Å²) in [6.45, 7) is 10.0. The van der Waals surface area contributed by atoms with Gasteiger partial charge in [0, 0.05) is 13.1 Å². The summed E-state index contributed by atoms with van der Waals surface area (Å²) in [5, 5.41) is 2.95. The Morgan fingerprint density at radius 1 is 0.902 bits per heavy atom. The average molecular weight is 580 g/mol. The number of anilines is 1. The minimum Gasteiger partial charge on any atom is -0.492 e. The number of rotatable bonds is 14. The van der Waals surface area contributed by atoms with Crippen LogP contribution < -0.4 is 14.4 Å². The van der Waals surface area contributed by atoms with E-state index in [4.69, 9.17) is 4.74 Å². The molecule has 0 bridgehead atoms. The molecule has 0 aliphatic rings. The molecular weight excluding hydrogens is 538 g/mol. The number of aryl methyl sites for hydroxylation is 1. The number of hydrogen-bond donors (Lipinski definition) is 1. The summed E-state index contributed by atoms with van der Waals surface area (Å²) in [5.74, 6) is -0.186. The molecule has 3 rings (SSSR count). The number of ether oxygens (including phenoxy) is 1. The summed E-state index contributed by atoms with van der Waals surface area (Å²) in [5.41, 5.74) is 2.10. The van der Waals surface area contributed by atoms with Crippen LogP contribution in [0.3, 0.4) is 0 Å². The lowest BCUT2D eigenvalue weighted by atomic mass is 10.1. The number of nitrogens with zero attached hydrogens (tertiary/aromatic N) is 2. The van der Waals surface area contributed by atoms with Crippen LogP contribution in [-0.2, 0) is 26.2 Å². The zero-order chi connectivity index (χ0) is 30.0. The number of nitrogens with one attached hydrogen (secondary N) is 1. The highest BCUT2D eigenvalue weighted by atomic mass is 32.2. The average Bonchev–Trinajstić information content (AvgIpc) is 2.96. The van der Waals surface area contributed by atoms with Crippen molar-refractivity contribution in [3.8, 4) is 5.75 Å². The topological polar surface area (TPSA) is 96.0 Å². The highest BCUT2D eigenvalue weighted by Gasteiger charge is 2.34. The van der Waals surface area contributed by atoms with E-state index in [2.05, 4.69) is 5.32 Å². The third-order valence-corrected chi connectivity index (χ3v) is 8.49. The van der Waals surface area contributed by atoms with Gasteiger partial charge >= 0.3 is 0 Å². The maximum absolute atomic E-state index is 14.2. The lowest BCUT2D eigenvalue weighted by Crippen LogP contribution is -2.52. The maximum atomic E-state index is 14.2. The van der Waals surface area contributed by atoms with Crippen molar-refractivity contribution >= 4 is 27.5 Å². The molecule has 0 heterocycles. The fourth-order valence-corrected chi connectivity index (χ4v) is 5.93. The standard InChI is InChI=1S/C32H41N3O5S/c1-6-28(32(37)33-21-24(3)4)34(22-26-16-12-11-15-25(26)5)31(36)23-35(29-19-13-14-20-30(29)40-7-2)41(38,39)27-17-9-8-10-18-27/h8-20,24,28H,6-7,21-23H2,1-5H3,(H,33,37)/t28-/m0/s1. The second-order valence-electron chi connectivity index (χ2n) is 10.2. The molecule has 0 unspecified atom stereocenters. The summed E-state index contributed by atoms with van der Waals surface area (Å²) in [7, 11) is -4.17. The zero-order valence-corrected chi connectivity index (χ0v) is 25.4. The number of sulfonamides is 1. The molecule has 0 saturated heterocycles. The molecule has 3 aromatic rings. The zero-order valence-electron chi connectivity index (χ0n) is 24.5.